The number of aromatic nitrogens is 1. The molecule has 1 aliphatic rings. The molecule has 27 heavy (non-hydrogen) atoms. The second kappa shape index (κ2) is 6.15. The second-order valence-corrected chi connectivity index (χ2v) is 7.02. The summed E-state index contributed by atoms with van der Waals surface area (Å²) >= 11 is 5.92. The minimum absolute atomic E-state index is 0.0262. The van der Waals surface area contributed by atoms with E-state index < -0.39 is 11.6 Å². The number of nitriles is 1. The number of halogens is 1. The van der Waals surface area contributed by atoms with Gasteiger partial charge >= 0.3 is 6.03 Å². The summed E-state index contributed by atoms with van der Waals surface area (Å²) in [6.45, 7) is 1.69. The number of nitrogens with one attached hydrogen (secondary N) is 1. The average Bonchev–Trinajstić information content (AvgIpc) is 3.12. The summed E-state index contributed by atoms with van der Waals surface area (Å²) in [7, 11) is 0. The zero-order valence-electron chi connectivity index (χ0n) is 14.4. The van der Waals surface area contributed by atoms with E-state index in [9.17, 15) is 14.9 Å². The lowest BCUT2D eigenvalue weighted by Gasteiger charge is -2.22. The molecule has 1 atom stereocenters. The average molecular weight is 379 g/mol. The number of hydrogen-bond donors (Lipinski definition) is 1. The van der Waals surface area contributed by atoms with Crippen molar-refractivity contribution in [3.05, 3.63) is 76.6 Å². The van der Waals surface area contributed by atoms with Gasteiger partial charge in [0.25, 0.3) is 5.91 Å². The lowest BCUT2D eigenvalue weighted by molar-refractivity contribution is -0.131. The Hall–Kier alpha value is -3.30. The minimum atomic E-state index is -1.17. The molecule has 0 spiro atoms. The number of pyridine rings is 1. The van der Waals surface area contributed by atoms with Crippen LogP contribution in [0.4, 0.5) is 4.79 Å². The molecule has 3 heterocycles. The van der Waals surface area contributed by atoms with Gasteiger partial charge in [-0.2, -0.15) is 5.26 Å². The number of hydrogen-bond acceptors (Lipinski definition) is 3. The molecule has 1 N–H and O–H groups in total. The second-order valence-electron chi connectivity index (χ2n) is 6.59. The van der Waals surface area contributed by atoms with Crippen molar-refractivity contribution in [2.24, 2.45) is 0 Å². The van der Waals surface area contributed by atoms with E-state index in [4.69, 9.17) is 11.6 Å². The summed E-state index contributed by atoms with van der Waals surface area (Å²) < 4.78 is 1.81. The van der Waals surface area contributed by atoms with Crippen LogP contribution in [0.2, 0.25) is 5.02 Å². The summed E-state index contributed by atoms with van der Waals surface area (Å²) in [6, 6.07) is 14.0. The molecule has 0 radical (unpaired) electrons. The highest BCUT2D eigenvalue weighted by molar-refractivity contribution is 6.30. The molecule has 3 amide bonds. The highest BCUT2D eigenvalue weighted by atomic mass is 35.5. The van der Waals surface area contributed by atoms with E-state index in [0.717, 1.165) is 10.4 Å². The third-order valence-electron chi connectivity index (χ3n) is 4.90. The first kappa shape index (κ1) is 17.1. The van der Waals surface area contributed by atoms with Crippen LogP contribution in [0.15, 0.2) is 54.9 Å². The fourth-order valence-corrected chi connectivity index (χ4v) is 3.54. The van der Waals surface area contributed by atoms with E-state index >= 15 is 0 Å². The van der Waals surface area contributed by atoms with Crippen molar-refractivity contribution in [1.29, 1.82) is 5.26 Å². The number of benzene rings is 1. The Morgan fingerprint density at radius 3 is 2.63 bits per heavy atom. The molecule has 1 fully saturated rings. The molecule has 134 valence electrons. The highest BCUT2D eigenvalue weighted by Crippen LogP contribution is 2.31. The smallest absolute Gasteiger partial charge is 0.322 e. The van der Waals surface area contributed by atoms with E-state index in [1.165, 1.54) is 0 Å². The van der Waals surface area contributed by atoms with Crippen LogP contribution in [0.25, 0.3) is 5.52 Å². The number of rotatable bonds is 3. The van der Waals surface area contributed by atoms with Crippen molar-refractivity contribution in [2.45, 2.75) is 19.0 Å². The zero-order chi connectivity index (χ0) is 19.2. The van der Waals surface area contributed by atoms with Crippen LogP contribution in [0, 0.1) is 11.3 Å². The van der Waals surface area contributed by atoms with Gasteiger partial charge in [-0.05, 0) is 36.8 Å². The summed E-state index contributed by atoms with van der Waals surface area (Å²) in [6.07, 6.45) is 3.59. The van der Waals surface area contributed by atoms with Crippen LogP contribution in [0.3, 0.4) is 0 Å². The van der Waals surface area contributed by atoms with Crippen LogP contribution in [0.1, 0.15) is 23.6 Å². The van der Waals surface area contributed by atoms with Gasteiger partial charge in [0.15, 0.2) is 0 Å². The number of amides is 3. The fraction of sp³-hybridized carbons (Fsp3) is 0.150. The number of carbonyl (C=O) groups excluding carboxylic acids is 2. The molecule has 0 aliphatic carbocycles. The van der Waals surface area contributed by atoms with Gasteiger partial charge < -0.3 is 9.72 Å². The van der Waals surface area contributed by atoms with E-state index in [1.807, 2.05) is 28.8 Å². The molecular weight excluding hydrogens is 364 g/mol. The van der Waals surface area contributed by atoms with Crippen molar-refractivity contribution < 1.29 is 9.59 Å². The van der Waals surface area contributed by atoms with Gasteiger partial charge in [-0.3, -0.25) is 9.69 Å². The SMILES string of the molecule is C[C@]1(c2ccc(Cl)cc2)NC(=O)N(Cc2cn3ccccc3c2C#N)C1=O. The highest BCUT2D eigenvalue weighted by Gasteiger charge is 2.49. The van der Waals surface area contributed by atoms with Crippen molar-refractivity contribution in [2.75, 3.05) is 0 Å². The van der Waals surface area contributed by atoms with Crippen LogP contribution < -0.4 is 5.32 Å². The molecule has 1 aliphatic heterocycles. The third-order valence-corrected chi connectivity index (χ3v) is 5.15. The molecule has 0 unspecified atom stereocenters. The Balaban J connectivity index is 1.70. The molecule has 3 aromatic rings. The van der Waals surface area contributed by atoms with Crippen LogP contribution in [-0.4, -0.2) is 21.2 Å². The summed E-state index contributed by atoms with van der Waals surface area (Å²) in [4.78, 5) is 26.7. The van der Waals surface area contributed by atoms with Crippen molar-refractivity contribution in [1.82, 2.24) is 14.6 Å². The maximum absolute atomic E-state index is 13.1. The first-order valence-electron chi connectivity index (χ1n) is 8.33. The Kier molecular flexibility index (Phi) is 3.90. The van der Waals surface area contributed by atoms with E-state index in [1.54, 1.807) is 37.4 Å². The topological polar surface area (TPSA) is 77.6 Å². The maximum atomic E-state index is 13.1. The number of carbonyl (C=O) groups is 2. The zero-order valence-corrected chi connectivity index (χ0v) is 15.2. The summed E-state index contributed by atoms with van der Waals surface area (Å²) in [5, 5.41) is 12.9. The Bertz CT molecular complexity index is 1110. The van der Waals surface area contributed by atoms with Gasteiger partial charge in [0, 0.05) is 23.0 Å². The monoisotopic (exact) mass is 378 g/mol. The van der Waals surface area contributed by atoms with Crippen LogP contribution >= 0.6 is 11.6 Å². The minimum Gasteiger partial charge on any atom is -0.322 e. The Morgan fingerprint density at radius 2 is 1.93 bits per heavy atom. The lowest BCUT2D eigenvalue weighted by atomic mass is 9.92. The normalized spacial score (nSPS) is 19.4. The van der Waals surface area contributed by atoms with Crippen molar-refractivity contribution in [3.8, 4) is 6.07 Å². The van der Waals surface area contributed by atoms with Crippen molar-refractivity contribution >= 4 is 29.1 Å². The predicted molar refractivity (Wildman–Crippen MR) is 100.0 cm³/mol. The molecule has 6 nitrogen and oxygen atoms in total. The number of imide groups is 1. The van der Waals surface area contributed by atoms with Gasteiger partial charge in [0.05, 0.1) is 17.6 Å². The van der Waals surface area contributed by atoms with Crippen LogP contribution in [-0.2, 0) is 16.9 Å². The number of fused-ring (bicyclic) bond motifs is 1. The van der Waals surface area contributed by atoms with Gasteiger partial charge in [0.2, 0.25) is 0 Å². The van der Waals surface area contributed by atoms with E-state index in [2.05, 4.69) is 11.4 Å². The van der Waals surface area contributed by atoms with Crippen LogP contribution in [0.5, 0.6) is 0 Å². The first-order chi connectivity index (χ1) is 12.9. The van der Waals surface area contributed by atoms with Gasteiger partial charge in [-0.1, -0.05) is 29.8 Å². The molecule has 2 aromatic heterocycles. The molecule has 0 saturated carbocycles. The van der Waals surface area contributed by atoms with E-state index in [0.29, 0.717) is 21.7 Å². The van der Waals surface area contributed by atoms with Crippen molar-refractivity contribution in [3.63, 3.8) is 0 Å². The van der Waals surface area contributed by atoms with Gasteiger partial charge in [0.1, 0.15) is 11.6 Å². The predicted octanol–water partition coefficient (Wildman–Crippen LogP) is 3.43. The molecule has 7 heteroatoms. The lowest BCUT2D eigenvalue weighted by Crippen LogP contribution is -2.40. The number of urea groups is 1. The molecule has 1 saturated heterocycles. The third kappa shape index (κ3) is 2.64. The molecule has 4 rings (SSSR count). The molecule has 0 bridgehead atoms. The fourth-order valence-electron chi connectivity index (χ4n) is 3.42. The standard InChI is InChI=1S/C20H15ClN4O2/c1-20(14-5-7-15(21)8-6-14)18(26)25(19(27)23-20)12-13-11-24-9-3-2-4-17(24)16(13)10-22/h2-9,11H,12H2,1H3,(H,23,27)/t20-/m1/s1. The Morgan fingerprint density at radius 1 is 1.19 bits per heavy atom. The van der Waals surface area contributed by atoms with Gasteiger partial charge in [-0.25, -0.2) is 4.79 Å². The summed E-state index contributed by atoms with van der Waals surface area (Å²) in [5.74, 6) is -0.367. The summed E-state index contributed by atoms with van der Waals surface area (Å²) in [5.41, 5.74) is 1.29. The number of nitrogens with zero attached hydrogens (tertiary/aromatic N) is 3. The first-order valence-corrected chi connectivity index (χ1v) is 8.70. The molecular formula is C20H15ClN4O2. The largest absolute Gasteiger partial charge is 0.325 e. The Labute approximate surface area is 160 Å². The van der Waals surface area contributed by atoms with E-state index in [-0.39, 0.29) is 12.5 Å². The molecule has 1 aromatic carbocycles. The van der Waals surface area contributed by atoms with Gasteiger partial charge in [-0.15, -0.1) is 0 Å². The maximum Gasteiger partial charge on any atom is 0.325 e. The quantitative estimate of drug-likeness (QED) is 0.709.